The van der Waals surface area contributed by atoms with E-state index in [4.69, 9.17) is 9.47 Å². The van der Waals surface area contributed by atoms with E-state index in [0.29, 0.717) is 42.3 Å². The van der Waals surface area contributed by atoms with E-state index in [0.717, 1.165) is 18.5 Å². The first kappa shape index (κ1) is 20.3. The topological polar surface area (TPSA) is 68.6 Å². The number of carbonyl (C=O) groups is 1. The van der Waals surface area contributed by atoms with Gasteiger partial charge in [-0.3, -0.25) is 4.79 Å². The molecule has 1 aliphatic heterocycles. The van der Waals surface area contributed by atoms with Crippen molar-refractivity contribution in [3.63, 3.8) is 0 Å². The summed E-state index contributed by atoms with van der Waals surface area (Å²) in [5, 5.41) is 8.23. The molecule has 0 unspecified atom stereocenters. The average molecular weight is 412 g/mol. The Balaban J connectivity index is 1.74. The summed E-state index contributed by atoms with van der Waals surface area (Å²) in [6, 6.07) is 11.7. The van der Waals surface area contributed by atoms with Crippen LogP contribution in [-0.2, 0) is 9.53 Å². The smallest absolute Gasteiger partial charge is 0.254 e. The summed E-state index contributed by atoms with van der Waals surface area (Å²) in [5.74, 6) is 0.483. The Morgan fingerprint density at radius 2 is 2.10 bits per heavy atom. The molecule has 1 N–H and O–H groups in total. The lowest BCUT2D eigenvalue weighted by Crippen LogP contribution is -2.27. The summed E-state index contributed by atoms with van der Waals surface area (Å²) in [4.78, 5) is 14.7. The number of aromatic nitrogens is 2. The van der Waals surface area contributed by atoms with Crippen LogP contribution in [0.4, 0.5) is 10.2 Å². The molecule has 2 heterocycles. The van der Waals surface area contributed by atoms with Gasteiger partial charge < -0.3 is 19.7 Å². The van der Waals surface area contributed by atoms with Gasteiger partial charge in [0, 0.05) is 13.2 Å². The van der Waals surface area contributed by atoms with Gasteiger partial charge in [-0.1, -0.05) is 6.07 Å². The molecule has 7 nitrogen and oxygen atoms in total. The first-order chi connectivity index (χ1) is 14.5. The van der Waals surface area contributed by atoms with E-state index in [1.54, 1.807) is 16.8 Å². The summed E-state index contributed by atoms with van der Waals surface area (Å²) in [5.41, 5.74) is 1.44. The number of nitrogens with zero attached hydrogens (tertiary/aromatic N) is 3. The number of nitrogens with one attached hydrogen (secondary N) is 1. The Morgan fingerprint density at radius 3 is 2.80 bits per heavy atom. The Hall–Kier alpha value is -2.97. The molecule has 1 atom stereocenters. The second-order valence-corrected chi connectivity index (χ2v) is 7.53. The van der Waals surface area contributed by atoms with Gasteiger partial charge in [-0.25, -0.2) is 9.07 Å². The van der Waals surface area contributed by atoms with Crippen molar-refractivity contribution in [1.29, 1.82) is 0 Å². The zero-order valence-electron chi connectivity index (χ0n) is 17.1. The van der Waals surface area contributed by atoms with E-state index in [1.807, 2.05) is 37.2 Å². The van der Waals surface area contributed by atoms with Crippen molar-refractivity contribution in [2.45, 2.75) is 18.9 Å². The number of likely N-dealkylation sites (N-methyl/N-ethyl adjacent to an activating group) is 1. The summed E-state index contributed by atoms with van der Waals surface area (Å²) < 4.78 is 26.6. The van der Waals surface area contributed by atoms with Crippen molar-refractivity contribution in [1.82, 2.24) is 14.7 Å². The molecular formula is C22H25FN4O3. The van der Waals surface area contributed by atoms with Crippen molar-refractivity contribution >= 4 is 22.6 Å². The molecule has 0 radical (unpaired) electrons. The molecule has 4 rings (SSSR count). The number of hydrogen-bond donors (Lipinski definition) is 1. The summed E-state index contributed by atoms with van der Waals surface area (Å²) in [6.45, 7) is 1.83. The van der Waals surface area contributed by atoms with Gasteiger partial charge in [0.1, 0.15) is 24.3 Å². The zero-order chi connectivity index (χ0) is 21.1. The minimum atomic E-state index is -0.474. The quantitative estimate of drug-likeness (QED) is 0.645. The van der Waals surface area contributed by atoms with Crippen LogP contribution in [0.3, 0.4) is 0 Å². The van der Waals surface area contributed by atoms with E-state index < -0.39 is 6.10 Å². The number of amides is 1. The van der Waals surface area contributed by atoms with E-state index in [2.05, 4.69) is 10.4 Å². The molecule has 0 aliphatic carbocycles. The number of fused-ring (bicyclic) bond motifs is 1. The molecule has 0 bridgehead atoms. The zero-order valence-corrected chi connectivity index (χ0v) is 17.1. The number of rotatable bonds is 7. The third-order valence-electron chi connectivity index (χ3n) is 5.00. The number of anilines is 1. The second-order valence-electron chi connectivity index (χ2n) is 7.53. The maximum atomic E-state index is 13.4. The van der Waals surface area contributed by atoms with Gasteiger partial charge in [0.15, 0.2) is 5.82 Å². The van der Waals surface area contributed by atoms with Crippen LogP contribution in [0, 0.1) is 5.82 Å². The number of halogens is 1. The predicted octanol–water partition coefficient (Wildman–Crippen LogP) is 3.22. The largest absolute Gasteiger partial charge is 0.491 e. The fraction of sp³-hybridized carbons (Fsp3) is 0.364. The van der Waals surface area contributed by atoms with Crippen LogP contribution < -0.4 is 10.1 Å². The standard InChI is InChI=1S/C22H25FN4O3/c1-26(2)12-14-30-18-6-3-5-17-20(18)21(24-22(28)19-7-4-13-29-19)25-27(17)16-10-8-15(23)9-11-16/h3,5-6,8-11,19H,4,7,12-14H2,1-2H3,(H,24,25,28)/t19-/m1/s1. The monoisotopic (exact) mass is 412 g/mol. The van der Waals surface area contributed by atoms with Gasteiger partial charge in [0.2, 0.25) is 0 Å². The van der Waals surface area contributed by atoms with E-state index in [9.17, 15) is 9.18 Å². The van der Waals surface area contributed by atoms with Crippen molar-refractivity contribution in [2.75, 3.05) is 39.2 Å². The number of benzene rings is 2. The van der Waals surface area contributed by atoms with Crippen LogP contribution in [0.2, 0.25) is 0 Å². The maximum Gasteiger partial charge on any atom is 0.254 e. The summed E-state index contributed by atoms with van der Waals surface area (Å²) in [7, 11) is 3.95. The first-order valence-electron chi connectivity index (χ1n) is 10.0. The third-order valence-corrected chi connectivity index (χ3v) is 5.00. The van der Waals surface area contributed by atoms with E-state index in [1.165, 1.54) is 12.1 Å². The van der Waals surface area contributed by atoms with Gasteiger partial charge in [-0.2, -0.15) is 0 Å². The summed E-state index contributed by atoms with van der Waals surface area (Å²) >= 11 is 0. The summed E-state index contributed by atoms with van der Waals surface area (Å²) in [6.07, 6.45) is 1.08. The molecular weight excluding hydrogens is 387 g/mol. The maximum absolute atomic E-state index is 13.4. The Morgan fingerprint density at radius 1 is 1.30 bits per heavy atom. The highest BCUT2D eigenvalue weighted by Gasteiger charge is 2.26. The molecule has 2 aromatic carbocycles. The highest BCUT2D eigenvalue weighted by atomic mass is 19.1. The highest BCUT2D eigenvalue weighted by molar-refractivity contribution is 6.04. The molecule has 1 aliphatic rings. The fourth-order valence-corrected chi connectivity index (χ4v) is 3.44. The molecule has 1 saturated heterocycles. The second kappa shape index (κ2) is 8.81. The van der Waals surface area contributed by atoms with Gasteiger partial charge in [-0.15, -0.1) is 5.10 Å². The molecule has 1 amide bonds. The van der Waals surface area contributed by atoms with Crippen molar-refractivity contribution < 1.29 is 18.7 Å². The number of ether oxygens (including phenoxy) is 2. The lowest BCUT2D eigenvalue weighted by atomic mass is 10.2. The van der Waals surface area contributed by atoms with E-state index >= 15 is 0 Å². The molecule has 1 aromatic heterocycles. The van der Waals surface area contributed by atoms with E-state index in [-0.39, 0.29) is 11.7 Å². The van der Waals surface area contributed by atoms with Crippen molar-refractivity contribution in [3.8, 4) is 11.4 Å². The SMILES string of the molecule is CN(C)CCOc1cccc2c1c(NC(=O)[C@H]1CCCO1)nn2-c1ccc(F)cc1. The Labute approximate surface area is 174 Å². The molecule has 1 fully saturated rings. The van der Waals surface area contributed by atoms with Crippen LogP contribution in [0.25, 0.3) is 16.6 Å². The average Bonchev–Trinajstić information content (AvgIpc) is 3.38. The molecule has 8 heteroatoms. The normalized spacial score (nSPS) is 16.3. The lowest BCUT2D eigenvalue weighted by molar-refractivity contribution is -0.124. The van der Waals surface area contributed by atoms with Crippen LogP contribution in [0.15, 0.2) is 42.5 Å². The lowest BCUT2D eigenvalue weighted by Gasteiger charge is -2.13. The Bertz CT molecular complexity index is 1030. The van der Waals surface area contributed by atoms with Gasteiger partial charge in [0.05, 0.1) is 16.6 Å². The number of carbonyl (C=O) groups excluding carboxylic acids is 1. The van der Waals surface area contributed by atoms with Crippen LogP contribution >= 0.6 is 0 Å². The van der Waals surface area contributed by atoms with Crippen LogP contribution in [0.5, 0.6) is 5.75 Å². The molecule has 30 heavy (non-hydrogen) atoms. The predicted molar refractivity (Wildman–Crippen MR) is 113 cm³/mol. The molecule has 0 spiro atoms. The van der Waals surface area contributed by atoms with Crippen molar-refractivity contribution in [3.05, 3.63) is 48.3 Å². The molecule has 3 aromatic rings. The highest BCUT2D eigenvalue weighted by Crippen LogP contribution is 2.34. The minimum Gasteiger partial charge on any atom is -0.491 e. The van der Waals surface area contributed by atoms with Crippen LogP contribution in [-0.4, -0.2) is 60.5 Å². The van der Waals surface area contributed by atoms with Gasteiger partial charge >= 0.3 is 0 Å². The Kier molecular flexibility index (Phi) is 5.96. The fourth-order valence-electron chi connectivity index (χ4n) is 3.44. The van der Waals surface area contributed by atoms with Gasteiger partial charge in [-0.05, 0) is 63.3 Å². The number of hydrogen-bond acceptors (Lipinski definition) is 5. The molecule has 0 saturated carbocycles. The van der Waals surface area contributed by atoms with Gasteiger partial charge in [0.25, 0.3) is 5.91 Å². The van der Waals surface area contributed by atoms with Crippen molar-refractivity contribution in [2.24, 2.45) is 0 Å². The third kappa shape index (κ3) is 4.29. The first-order valence-corrected chi connectivity index (χ1v) is 10.0. The minimum absolute atomic E-state index is 0.221. The molecule has 158 valence electrons. The van der Waals surface area contributed by atoms with Crippen LogP contribution in [0.1, 0.15) is 12.8 Å².